The normalized spacial score (nSPS) is 18.0. The SMILES string of the molecule is CCOC(=O)C1CCc2[nH]c3ncnc(Cl)c3c2C1.CCOC(=O)C1CCc2[nH]c3ncnc(Nc4ccc5c(c4)SC(=O)C5)c3c2C1. The molecule has 5 heterocycles. The van der Waals surface area contributed by atoms with E-state index in [9.17, 15) is 14.4 Å². The van der Waals surface area contributed by atoms with Gasteiger partial charge in [0.25, 0.3) is 0 Å². The number of esters is 2. The first-order valence-corrected chi connectivity index (χ1v) is 17.3. The molecule has 48 heavy (non-hydrogen) atoms. The first kappa shape index (κ1) is 32.1. The van der Waals surface area contributed by atoms with E-state index in [1.54, 1.807) is 0 Å². The average Bonchev–Trinajstić information content (AvgIpc) is 3.77. The topological polar surface area (TPSA) is 165 Å². The summed E-state index contributed by atoms with van der Waals surface area (Å²) in [6.07, 6.45) is 7.87. The van der Waals surface area contributed by atoms with Gasteiger partial charge in [0.05, 0.1) is 35.8 Å². The lowest BCUT2D eigenvalue weighted by atomic mass is 9.86. The Bertz CT molecular complexity index is 2060. The molecule has 0 amide bonds. The highest BCUT2D eigenvalue weighted by atomic mass is 35.5. The van der Waals surface area contributed by atoms with Crippen molar-refractivity contribution in [2.75, 3.05) is 18.5 Å². The summed E-state index contributed by atoms with van der Waals surface area (Å²) in [6.45, 7) is 4.46. The zero-order valence-corrected chi connectivity index (χ0v) is 28.1. The van der Waals surface area contributed by atoms with Gasteiger partial charge in [-0.05, 0) is 81.2 Å². The number of hydrogen-bond donors (Lipinski definition) is 3. The molecule has 0 radical (unpaired) electrons. The number of anilines is 2. The molecule has 248 valence electrons. The van der Waals surface area contributed by atoms with Gasteiger partial charge in [0, 0.05) is 28.4 Å². The number of rotatable bonds is 6. The van der Waals surface area contributed by atoms with Gasteiger partial charge in [-0.15, -0.1) is 0 Å². The second-order valence-corrected chi connectivity index (χ2v) is 13.4. The number of nitrogens with zero attached hydrogens (tertiary/aromatic N) is 4. The Hall–Kier alpha value is -4.49. The smallest absolute Gasteiger partial charge is 0.309 e. The van der Waals surface area contributed by atoms with Crippen LogP contribution in [0.4, 0.5) is 11.5 Å². The van der Waals surface area contributed by atoms with Crippen LogP contribution in [-0.2, 0) is 56.0 Å². The number of halogens is 1. The van der Waals surface area contributed by atoms with E-state index in [4.69, 9.17) is 21.1 Å². The van der Waals surface area contributed by atoms with Crippen molar-refractivity contribution in [3.05, 3.63) is 64.1 Å². The number of benzene rings is 1. The van der Waals surface area contributed by atoms with Crippen molar-refractivity contribution in [3.8, 4) is 0 Å². The van der Waals surface area contributed by atoms with E-state index in [0.29, 0.717) is 43.4 Å². The van der Waals surface area contributed by atoms with E-state index in [1.807, 2.05) is 32.0 Å². The number of thioether (sulfide) groups is 1. The van der Waals surface area contributed by atoms with E-state index in [1.165, 1.54) is 24.4 Å². The highest BCUT2D eigenvalue weighted by Crippen LogP contribution is 2.38. The number of carbonyl (C=O) groups is 3. The minimum Gasteiger partial charge on any atom is -0.466 e. The molecule has 2 atom stereocenters. The largest absolute Gasteiger partial charge is 0.466 e. The van der Waals surface area contributed by atoms with E-state index in [0.717, 1.165) is 86.4 Å². The lowest BCUT2D eigenvalue weighted by molar-refractivity contribution is -0.149. The molecule has 8 rings (SSSR count). The lowest BCUT2D eigenvalue weighted by Gasteiger charge is -2.21. The standard InChI is InChI=1S/C21H20N4O3S.C13H14ClN3O2/c1-2-28-21(27)12-4-6-15-14(7-12)18-19(22-10-23-20(18)25-15)24-13-5-3-11-8-17(26)29-16(11)9-13;1-2-19-13(18)7-3-4-9-8(5-7)10-11(14)15-6-16-12(10)17-9/h3,5,9-10,12H,2,4,6-8H2,1H3,(H2,22,23,24,25);6-7H,2-5H2,1H3,(H,15,16,17). The average molecular weight is 688 g/mol. The van der Waals surface area contributed by atoms with Crippen LogP contribution in [0.5, 0.6) is 0 Å². The van der Waals surface area contributed by atoms with Gasteiger partial charge in [0.1, 0.15) is 34.9 Å². The molecule has 0 fully saturated rings. The molecule has 3 N–H and O–H groups in total. The molecule has 4 aromatic heterocycles. The van der Waals surface area contributed by atoms with Crippen molar-refractivity contribution in [2.45, 2.75) is 63.7 Å². The first-order chi connectivity index (χ1) is 23.3. The fourth-order valence-electron chi connectivity index (χ4n) is 6.78. The van der Waals surface area contributed by atoms with Gasteiger partial charge in [0.15, 0.2) is 5.12 Å². The molecule has 3 aliphatic rings. The van der Waals surface area contributed by atoms with Crippen LogP contribution in [0.15, 0.2) is 35.7 Å². The highest BCUT2D eigenvalue weighted by molar-refractivity contribution is 8.14. The number of nitrogens with one attached hydrogen (secondary N) is 3. The third-order valence-corrected chi connectivity index (χ3v) is 10.3. The number of carbonyl (C=O) groups excluding carboxylic acids is 3. The summed E-state index contributed by atoms with van der Waals surface area (Å²) in [7, 11) is 0. The van der Waals surface area contributed by atoms with Crippen molar-refractivity contribution < 1.29 is 23.9 Å². The molecule has 1 aliphatic heterocycles. The molecule has 0 bridgehead atoms. The molecule has 1 aromatic carbocycles. The summed E-state index contributed by atoms with van der Waals surface area (Å²) in [4.78, 5) is 60.5. The second kappa shape index (κ2) is 13.6. The maximum Gasteiger partial charge on any atom is 0.309 e. The number of aromatic nitrogens is 6. The summed E-state index contributed by atoms with van der Waals surface area (Å²) >= 11 is 7.42. The fourth-order valence-corrected chi connectivity index (χ4v) is 7.96. The van der Waals surface area contributed by atoms with E-state index >= 15 is 0 Å². The second-order valence-electron chi connectivity index (χ2n) is 12.0. The van der Waals surface area contributed by atoms with Crippen LogP contribution in [0.2, 0.25) is 5.15 Å². The molecule has 5 aromatic rings. The van der Waals surface area contributed by atoms with Crippen LogP contribution < -0.4 is 5.32 Å². The monoisotopic (exact) mass is 687 g/mol. The molecule has 12 nitrogen and oxygen atoms in total. The summed E-state index contributed by atoms with van der Waals surface area (Å²) in [5.74, 6) is 0.195. The third-order valence-electron chi connectivity index (χ3n) is 9.03. The van der Waals surface area contributed by atoms with Gasteiger partial charge in [0.2, 0.25) is 0 Å². The van der Waals surface area contributed by atoms with Crippen molar-refractivity contribution in [1.29, 1.82) is 0 Å². The van der Waals surface area contributed by atoms with E-state index in [-0.39, 0.29) is 28.9 Å². The van der Waals surface area contributed by atoms with Crippen LogP contribution in [0, 0.1) is 11.8 Å². The maximum absolute atomic E-state index is 12.3. The van der Waals surface area contributed by atoms with E-state index < -0.39 is 0 Å². The van der Waals surface area contributed by atoms with Gasteiger partial charge < -0.3 is 24.8 Å². The molecule has 0 saturated carbocycles. The number of hydrogen-bond acceptors (Lipinski definition) is 11. The van der Waals surface area contributed by atoms with Gasteiger partial charge in [-0.3, -0.25) is 14.4 Å². The number of H-pyrrole nitrogens is 2. The van der Waals surface area contributed by atoms with Crippen LogP contribution in [0.3, 0.4) is 0 Å². The van der Waals surface area contributed by atoms with Crippen LogP contribution >= 0.6 is 23.4 Å². The summed E-state index contributed by atoms with van der Waals surface area (Å²) < 4.78 is 10.3. The molecular formula is C34H34ClN7O5S. The molecular weight excluding hydrogens is 654 g/mol. The van der Waals surface area contributed by atoms with Gasteiger partial charge in [-0.1, -0.05) is 29.4 Å². The van der Waals surface area contributed by atoms with Gasteiger partial charge in [-0.25, -0.2) is 19.9 Å². The predicted molar refractivity (Wildman–Crippen MR) is 181 cm³/mol. The zero-order valence-electron chi connectivity index (χ0n) is 26.5. The van der Waals surface area contributed by atoms with Gasteiger partial charge in [-0.2, -0.15) is 0 Å². The molecule has 2 unspecified atom stereocenters. The Morgan fingerprint density at radius 3 is 2.15 bits per heavy atom. The Labute approximate surface area is 285 Å². The van der Waals surface area contributed by atoms with E-state index in [2.05, 4.69) is 35.2 Å². The Morgan fingerprint density at radius 2 is 1.50 bits per heavy atom. The minimum atomic E-state index is -0.142. The molecule has 2 aliphatic carbocycles. The maximum atomic E-state index is 12.3. The Morgan fingerprint density at radius 1 is 0.896 bits per heavy atom. The number of aryl methyl sites for hydroxylation is 2. The summed E-state index contributed by atoms with van der Waals surface area (Å²) in [5.41, 5.74) is 7.81. The predicted octanol–water partition coefficient (Wildman–Crippen LogP) is 5.82. The summed E-state index contributed by atoms with van der Waals surface area (Å²) in [5, 5.41) is 5.75. The van der Waals surface area contributed by atoms with Crippen LogP contribution in [0.1, 0.15) is 54.8 Å². The van der Waals surface area contributed by atoms with Crippen molar-refractivity contribution in [1.82, 2.24) is 29.9 Å². The quantitative estimate of drug-likeness (QED) is 0.145. The van der Waals surface area contributed by atoms with Gasteiger partial charge >= 0.3 is 11.9 Å². The van der Waals surface area contributed by atoms with Crippen LogP contribution in [-0.4, -0.2) is 60.2 Å². The Balaban J connectivity index is 0.000000166. The van der Waals surface area contributed by atoms with Crippen LogP contribution in [0.25, 0.3) is 22.1 Å². The molecule has 0 saturated heterocycles. The first-order valence-electron chi connectivity index (χ1n) is 16.1. The highest BCUT2D eigenvalue weighted by Gasteiger charge is 2.31. The lowest BCUT2D eigenvalue weighted by Crippen LogP contribution is -2.24. The number of aromatic amines is 2. The van der Waals surface area contributed by atoms with Crippen molar-refractivity contribution in [3.63, 3.8) is 0 Å². The summed E-state index contributed by atoms with van der Waals surface area (Å²) in [6, 6.07) is 5.93. The zero-order chi connectivity index (χ0) is 33.4. The Kier molecular flexibility index (Phi) is 9.06. The van der Waals surface area contributed by atoms with Crippen molar-refractivity contribution in [2.24, 2.45) is 11.8 Å². The molecule has 0 spiro atoms. The van der Waals surface area contributed by atoms with Crippen molar-refractivity contribution >= 4 is 74.0 Å². The minimum absolute atomic E-state index is 0.0947. The number of ether oxygens (including phenoxy) is 2. The number of fused-ring (bicyclic) bond motifs is 7. The third kappa shape index (κ3) is 6.24. The fraction of sp³-hybridized carbons (Fsp3) is 0.382. The molecule has 14 heteroatoms.